The van der Waals surface area contributed by atoms with Gasteiger partial charge in [0, 0.05) is 16.9 Å². The van der Waals surface area contributed by atoms with Crippen LogP contribution in [0.15, 0.2) is 24.3 Å². The molecule has 0 aliphatic rings. The number of alkyl halides is 1. The van der Waals surface area contributed by atoms with Crippen LogP contribution < -0.4 is 5.32 Å². The highest BCUT2D eigenvalue weighted by Crippen LogP contribution is 2.17. The summed E-state index contributed by atoms with van der Waals surface area (Å²) in [6, 6.07) is 8.16. The zero-order chi connectivity index (χ0) is 14.3. The molecule has 0 saturated heterocycles. The number of benzene rings is 1. The molecule has 1 rings (SSSR count). The van der Waals surface area contributed by atoms with E-state index in [1.165, 1.54) is 18.4 Å². The van der Waals surface area contributed by atoms with Crippen LogP contribution in [-0.4, -0.2) is 10.7 Å². The van der Waals surface area contributed by atoms with E-state index in [0.29, 0.717) is 17.2 Å². The van der Waals surface area contributed by atoms with Gasteiger partial charge in [0.1, 0.15) is 0 Å². The Hall–Kier alpha value is -0.830. The summed E-state index contributed by atoms with van der Waals surface area (Å²) >= 11 is 3.69. The van der Waals surface area contributed by atoms with Crippen molar-refractivity contribution in [3.05, 3.63) is 29.8 Å². The summed E-state index contributed by atoms with van der Waals surface area (Å²) in [7, 11) is 0. The fraction of sp³-hybridized carbons (Fsp3) is 0.562. The lowest BCUT2D eigenvalue weighted by atomic mass is 10.1. The summed E-state index contributed by atoms with van der Waals surface area (Å²) in [5.41, 5.74) is 2.19. The molecule has 1 aromatic rings. The summed E-state index contributed by atoms with van der Waals surface area (Å²) in [4.78, 5) is 12.2. The first-order valence-corrected chi connectivity index (χ1v) is 7.95. The fourth-order valence-corrected chi connectivity index (χ4v) is 2.81. The quantitative estimate of drug-likeness (QED) is 0.718. The van der Waals surface area contributed by atoms with Crippen molar-refractivity contribution in [1.29, 1.82) is 0 Å². The number of carbonyl (C=O) groups is 1. The Kier molecular flexibility index (Phi) is 7.14. The van der Waals surface area contributed by atoms with Crippen molar-refractivity contribution in [2.24, 2.45) is 5.92 Å². The second kappa shape index (κ2) is 8.36. The maximum atomic E-state index is 11.7. The van der Waals surface area contributed by atoms with Gasteiger partial charge in [-0.2, -0.15) is 0 Å². The molecule has 0 saturated carbocycles. The van der Waals surface area contributed by atoms with Gasteiger partial charge in [-0.3, -0.25) is 4.79 Å². The van der Waals surface area contributed by atoms with E-state index in [1.807, 2.05) is 26.0 Å². The minimum absolute atomic E-state index is 0.0899. The van der Waals surface area contributed by atoms with Crippen LogP contribution in [0.5, 0.6) is 0 Å². The molecule has 1 aromatic carbocycles. The lowest BCUT2D eigenvalue weighted by Crippen LogP contribution is -2.13. The molecule has 0 aliphatic heterocycles. The first kappa shape index (κ1) is 16.2. The Balaban J connectivity index is 2.49. The third-order valence-corrected chi connectivity index (χ3v) is 3.67. The normalized spacial score (nSPS) is 12.5. The molecule has 19 heavy (non-hydrogen) atoms. The van der Waals surface area contributed by atoms with Crippen LogP contribution in [0.4, 0.5) is 5.69 Å². The highest BCUT2D eigenvalue weighted by atomic mass is 79.9. The number of hydrogen-bond donors (Lipinski definition) is 1. The van der Waals surface area contributed by atoms with Crippen LogP contribution in [-0.2, 0) is 11.2 Å². The van der Waals surface area contributed by atoms with E-state index in [0.717, 1.165) is 12.1 Å². The molecule has 0 radical (unpaired) electrons. The smallest absolute Gasteiger partial charge is 0.224 e. The van der Waals surface area contributed by atoms with E-state index in [4.69, 9.17) is 0 Å². The standard InChI is InChI=1S/C16H24BrNO/c1-4-5-14(17)11-13-6-8-15(9-7-13)18-16(19)10-12(2)3/h6-9,12,14H,4-5,10-11H2,1-3H3,(H,18,19). The third-order valence-electron chi connectivity index (χ3n) is 2.89. The lowest BCUT2D eigenvalue weighted by molar-refractivity contribution is -0.116. The molecule has 3 heteroatoms. The van der Waals surface area contributed by atoms with Crippen molar-refractivity contribution in [3.63, 3.8) is 0 Å². The van der Waals surface area contributed by atoms with Crippen molar-refractivity contribution in [2.45, 2.75) is 51.3 Å². The summed E-state index contributed by atoms with van der Waals surface area (Å²) in [5, 5.41) is 2.93. The molecular formula is C16H24BrNO. The number of amides is 1. The van der Waals surface area contributed by atoms with Crippen molar-refractivity contribution in [2.75, 3.05) is 5.32 Å². The third kappa shape index (κ3) is 6.76. The number of anilines is 1. The molecule has 0 spiro atoms. The van der Waals surface area contributed by atoms with Gasteiger partial charge in [0.25, 0.3) is 0 Å². The molecule has 2 nitrogen and oxygen atoms in total. The van der Waals surface area contributed by atoms with Crippen LogP contribution in [0.25, 0.3) is 0 Å². The number of hydrogen-bond acceptors (Lipinski definition) is 1. The summed E-state index contributed by atoms with van der Waals surface area (Å²) in [6.07, 6.45) is 3.99. The van der Waals surface area contributed by atoms with Gasteiger partial charge in [0.2, 0.25) is 5.91 Å². The van der Waals surface area contributed by atoms with Crippen LogP contribution >= 0.6 is 15.9 Å². The Morgan fingerprint density at radius 3 is 2.42 bits per heavy atom. The minimum Gasteiger partial charge on any atom is -0.326 e. The van der Waals surface area contributed by atoms with Crippen molar-refractivity contribution < 1.29 is 4.79 Å². The monoisotopic (exact) mass is 325 g/mol. The molecule has 0 aliphatic carbocycles. The van der Waals surface area contributed by atoms with Gasteiger partial charge < -0.3 is 5.32 Å². The molecule has 0 heterocycles. The molecule has 106 valence electrons. The second-order valence-electron chi connectivity index (χ2n) is 5.43. The fourth-order valence-electron chi connectivity index (χ4n) is 1.98. The van der Waals surface area contributed by atoms with E-state index >= 15 is 0 Å². The summed E-state index contributed by atoms with van der Waals surface area (Å²) < 4.78 is 0. The van der Waals surface area contributed by atoms with E-state index in [-0.39, 0.29) is 5.91 Å². The largest absolute Gasteiger partial charge is 0.326 e. The Morgan fingerprint density at radius 1 is 1.26 bits per heavy atom. The molecule has 0 aromatic heterocycles. The van der Waals surface area contributed by atoms with Gasteiger partial charge in [-0.05, 0) is 36.5 Å². The van der Waals surface area contributed by atoms with Crippen LogP contribution in [0.3, 0.4) is 0 Å². The van der Waals surface area contributed by atoms with E-state index in [1.54, 1.807) is 0 Å². The number of rotatable bonds is 7. The molecule has 1 amide bonds. The average molecular weight is 326 g/mol. The maximum absolute atomic E-state index is 11.7. The van der Waals surface area contributed by atoms with Gasteiger partial charge in [-0.15, -0.1) is 0 Å². The summed E-state index contributed by atoms with van der Waals surface area (Å²) in [5.74, 6) is 0.481. The minimum atomic E-state index is 0.0899. The van der Waals surface area contributed by atoms with Gasteiger partial charge in [-0.25, -0.2) is 0 Å². The van der Waals surface area contributed by atoms with Crippen molar-refractivity contribution in [3.8, 4) is 0 Å². The Labute approximate surface area is 125 Å². The molecule has 1 N–H and O–H groups in total. The van der Waals surface area contributed by atoms with E-state index < -0.39 is 0 Å². The SMILES string of the molecule is CCCC(Br)Cc1ccc(NC(=O)CC(C)C)cc1. The highest BCUT2D eigenvalue weighted by Gasteiger charge is 2.07. The lowest BCUT2D eigenvalue weighted by Gasteiger charge is -2.10. The first-order valence-electron chi connectivity index (χ1n) is 7.04. The molecule has 1 atom stereocenters. The van der Waals surface area contributed by atoms with Crippen LogP contribution in [0.2, 0.25) is 0 Å². The van der Waals surface area contributed by atoms with E-state index in [9.17, 15) is 4.79 Å². The van der Waals surface area contributed by atoms with Crippen molar-refractivity contribution >= 4 is 27.5 Å². The van der Waals surface area contributed by atoms with Crippen LogP contribution in [0, 0.1) is 5.92 Å². The zero-order valence-electron chi connectivity index (χ0n) is 12.1. The van der Waals surface area contributed by atoms with Gasteiger partial charge in [-0.1, -0.05) is 55.3 Å². The Bertz CT molecular complexity index is 386. The van der Waals surface area contributed by atoms with E-state index in [2.05, 4.69) is 40.3 Å². The van der Waals surface area contributed by atoms with Gasteiger partial charge >= 0.3 is 0 Å². The highest BCUT2D eigenvalue weighted by molar-refractivity contribution is 9.09. The summed E-state index contributed by atoms with van der Waals surface area (Å²) in [6.45, 7) is 6.29. The molecule has 0 bridgehead atoms. The van der Waals surface area contributed by atoms with Gasteiger partial charge in [0.05, 0.1) is 0 Å². The molecule has 1 unspecified atom stereocenters. The van der Waals surface area contributed by atoms with Crippen LogP contribution in [0.1, 0.15) is 45.6 Å². The predicted molar refractivity (Wildman–Crippen MR) is 85.9 cm³/mol. The number of nitrogens with one attached hydrogen (secondary N) is 1. The topological polar surface area (TPSA) is 29.1 Å². The number of carbonyl (C=O) groups excluding carboxylic acids is 1. The molecule has 0 fully saturated rings. The maximum Gasteiger partial charge on any atom is 0.224 e. The van der Waals surface area contributed by atoms with Crippen molar-refractivity contribution in [1.82, 2.24) is 0 Å². The Morgan fingerprint density at radius 2 is 1.89 bits per heavy atom. The molecular weight excluding hydrogens is 302 g/mol. The number of halogens is 1. The second-order valence-corrected chi connectivity index (χ2v) is 6.73. The zero-order valence-corrected chi connectivity index (χ0v) is 13.7. The predicted octanol–water partition coefficient (Wildman–Crippen LogP) is 4.78. The average Bonchev–Trinajstić information content (AvgIpc) is 2.31. The first-order chi connectivity index (χ1) is 9.01. The van der Waals surface area contributed by atoms with Gasteiger partial charge in [0.15, 0.2) is 0 Å².